The van der Waals surface area contributed by atoms with Crippen LogP contribution in [0.4, 0.5) is 0 Å². The highest BCUT2D eigenvalue weighted by molar-refractivity contribution is 5.89. The highest BCUT2D eigenvalue weighted by Gasteiger charge is 2.45. The van der Waals surface area contributed by atoms with Gasteiger partial charge in [0.25, 0.3) is 5.91 Å². The molecule has 2 fully saturated rings. The van der Waals surface area contributed by atoms with Crippen LogP contribution in [0.3, 0.4) is 0 Å². The van der Waals surface area contributed by atoms with Gasteiger partial charge in [0, 0.05) is 37.7 Å². The molecular formula is C33H33N3O3. The molecule has 39 heavy (non-hydrogen) atoms. The van der Waals surface area contributed by atoms with Crippen molar-refractivity contribution in [2.45, 2.75) is 12.1 Å². The Bertz CT molecular complexity index is 1410. The van der Waals surface area contributed by atoms with Gasteiger partial charge in [-0.2, -0.15) is 0 Å². The van der Waals surface area contributed by atoms with Crippen molar-refractivity contribution in [1.29, 1.82) is 0 Å². The molecule has 0 saturated carbocycles. The van der Waals surface area contributed by atoms with Gasteiger partial charge in [0.05, 0.1) is 31.8 Å². The van der Waals surface area contributed by atoms with Gasteiger partial charge in [0.2, 0.25) is 0 Å². The van der Waals surface area contributed by atoms with Crippen LogP contribution in [0.5, 0.6) is 5.75 Å². The van der Waals surface area contributed by atoms with Crippen molar-refractivity contribution in [2.24, 2.45) is 5.92 Å². The molecule has 6 heteroatoms. The fourth-order valence-electron chi connectivity index (χ4n) is 6.49. The molecule has 3 heterocycles. The first-order valence-corrected chi connectivity index (χ1v) is 13.9. The minimum Gasteiger partial charge on any atom is -0.493 e. The Balaban J connectivity index is 1.06. The fraction of sp³-hybridized carbons (Fsp3) is 0.303. The van der Waals surface area contributed by atoms with Gasteiger partial charge in [-0.15, -0.1) is 0 Å². The third-order valence-corrected chi connectivity index (χ3v) is 8.41. The number of benzene rings is 4. The molecular weight excluding hydrogens is 486 g/mol. The molecule has 198 valence electrons. The van der Waals surface area contributed by atoms with E-state index in [4.69, 9.17) is 9.57 Å². The molecule has 0 N–H and O–H groups in total. The Morgan fingerprint density at radius 2 is 1.44 bits per heavy atom. The Morgan fingerprint density at radius 1 is 0.769 bits per heavy atom. The molecule has 0 radical (unpaired) electrons. The zero-order valence-electron chi connectivity index (χ0n) is 22.0. The highest BCUT2D eigenvalue weighted by Crippen LogP contribution is 2.46. The van der Waals surface area contributed by atoms with E-state index in [2.05, 4.69) is 88.7 Å². The molecule has 0 aliphatic carbocycles. The smallest absolute Gasteiger partial charge is 0.260 e. The number of rotatable bonds is 5. The van der Waals surface area contributed by atoms with Crippen LogP contribution in [0.1, 0.15) is 28.8 Å². The van der Waals surface area contributed by atoms with Gasteiger partial charge >= 0.3 is 0 Å². The quantitative estimate of drug-likeness (QED) is 0.368. The summed E-state index contributed by atoms with van der Waals surface area (Å²) in [6, 6.07) is 34.0. The van der Waals surface area contributed by atoms with Gasteiger partial charge < -0.3 is 4.74 Å². The van der Waals surface area contributed by atoms with E-state index in [1.165, 1.54) is 11.1 Å². The second-order valence-electron chi connectivity index (χ2n) is 10.8. The molecule has 1 amide bonds. The van der Waals surface area contributed by atoms with E-state index in [0.717, 1.165) is 48.3 Å². The van der Waals surface area contributed by atoms with Crippen LogP contribution in [-0.4, -0.2) is 66.7 Å². The van der Waals surface area contributed by atoms with E-state index in [9.17, 15) is 4.79 Å². The highest BCUT2D eigenvalue weighted by atomic mass is 16.7. The molecule has 4 aromatic carbocycles. The maximum atomic E-state index is 13.7. The van der Waals surface area contributed by atoms with E-state index in [1.54, 1.807) is 5.06 Å². The largest absolute Gasteiger partial charge is 0.493 e. The molecule has 2 atom stereocenters. The summed E-state index contributed by atoms with van der Waals surface area (Å²) in [6.45, 7) is 4.91. The SMILES string of the molecule is O=C(CN1CCN(C(c2ccccc2)c2ccccc2)CC1)N1OC[C@@H]2COc3ccc4ccccc4c3[C@H]21. The minimum absolute atomic E-state index is 0.0272. The van der Waals surface area contributed by atoms with Crippen LogP contribution in [-0.2, 0) is 9.63 Å². The lowest BCUT2D eigenvalue weighted by Gasteiger charge is -2.40. The van der Waals surface area contributed by atoms with Gasteiger partial charge in [0.15, 0.2) is 0 Å². The van der Waals surface area contributed by atoms with Gasteiger partial charge in [0.1, 0.15) is 5.75 Å². The van der Waals surface area contributed by atoms with Crippen molar-refractivity contribution in [3.05, 3.63) is 114 Å². The average molecular weight is 520 g/mol. The van der Waals surface area contributed by atoms with Crippen molar-refractivity contribution < 1.29 is 14.4 Å². The lowest BCUT2D eigenvalue weighted by molar-refractivity contribution is -0.178. The molecule has 3 aliphatic heterocycles. The minimum atomic E-state index is -0.116. The van der Waals surface area contributed by atoms with Crippen LogP contribution in [0.15, 0.2) is 97.1 Å². The second-order valence-corrected chi connectivity index (χ2v) is 10.8. The summed E-state index contributed by atoms with van der Waals surface area (Å²) in [4.78, 5) is 24.5. The Morgan fingerprint density at radius 3 is 2.15 bits per heavy atom. The van der Waals surface area contributed by atoms with Crippen molar-refractivity contribution in [2.75, 3.05) is 45.9 Å². The number of amides is 1. The van der Waals surface area contributed by atoms with E-state index in [0.29, 0.717) is 19.8 Å². The summed E-state index contributed by atoms with van der Waals surface area (Å²) in [5.74, 6) is 1.03. The first-order valence-electron chi connectivity index (χ1n) is 13.9. The molecule has 3 aliphatic rings. The topological polar surface area (TPSA) is 45.3 Å². The normalized spacial score (nSPS) is 21.5. The van der Waals surface area contributed by atoms with Crippen LogP contribution in [0, 0.1) is 5.92 Å². The lowest BCUT2D eigenvalue weighted by atomic mass is 9.88. The Kier molecular flexibility index (Phi) is 6.52. The van der Waals surface area contributed by atoms with Crippen LogP contribution in [0.25, 0.3) is 10.8 Å². The summed E-state index contributed by atoms with van der Waals surface area (Å²) in [6.07, 6.45) is 0. The number of hydrogen-bond acceptors (Lipinski definition) is 5. The number of nitrogens with zero attached hydrogens (tertiary/aromatic N) is 3. The predicted octanol–water partition coefficient (Wildman–Crippen LogP) is 5.07. The zero-order chi connectivity index (χ0) is 26.2. The van der Waals surface area contributed by atoms with E-state index in [1.807, 2.05) is 18.2 Å². The monoisotopic (exact) mass is 519 g/mol. The van der Waals surface area contributed by atoms with Gasteiger partial charge in [-0.05, 0) is 28.0 Å². The number of carbonyl (C=O) groups is 1. The van der Waals surface area contributed by atoms with Crippen molar-refractivity contribution in [1.82, 2.24) is 14.9 Å². The maximum absolute atomic E-state index is 13.7. The summed E-state index contributed by atoms with van der Waals surface area (Å²) in [7, 11) is 0. The summed E-state index contributed by atoms with van der Waals surface area (Å²) in [5, 5.41) is 3.94. The number of hydroxylamine groups is 2. The first-order chi connectivity index (χ1) is 19.3. The fourth-order valence-corrected chi connectivity index (χ4v) is 6.49. The third kappa shape index (κ3) is 4.59. The van der Waals surface area contributed by atoms with Crippen LogP contribution in [0.2, 0.25) is 0 Å². The van der Waals surface area contributed by atoms with Crippen LogP contribution < -0.4 is 4.74 Å². The number of fused-ring (bicyclic) bond motifs is 5. The van der Waals surface area contributed by atoms with E-state index >= 15 is 0 Å². The first kappa shape index (κ1) is 24.3. The summed E-state index contributed by atoms with van der Waals surface area (Å²) < 4.78 is 6.10. The molecule has 2 saturated heterocycles. The standard InChI is InChI=1S/C33H33N3O3/c37-30(36-33-27(23-39-36)22-38-29-16-15-24-9-7-8-14-28(24)31(29)33)21-34-17-19-35(20-18-34)32(25-10-3-1-4-11-25)26-12-5-2-6-13-26/h1-16,27,32-33H,17-23H2/t27-,33-/m0/s1. The molecule has 0 spiro atoms. The molecule has 0 bridgehead atoms. The predicted molar refractivity (Wildman–Crippen MR) is 151 cm³/mol. The lowest BCUT2D eigenvalue weighted by Crippen LogP contribution is -2.51. The Labute approximate surface area is 229 Å². The molecule has 4 aromatic rings. The molecule has 7 rings (SSSR count). The molecule has 0 unspecified atom stereocenters. The third-order valence-electron chi connectivity index (χ3n) is 8.41. The summed E-state index contributed by atoms with van der Waals surface area (Å²) >= 11 is 0. The van der Waals surface area contributed by atoms with Crippen LogP contribution >= 0.6 is 0 Å². The summed E-state index contributed by atoms with van der Waals surface area (Å²) in [5.41, 5.74) is 3.68. The average Bonchev–Trinajstić information content (AvgIpc) is 3.44. The van der Waals surface area contributed by atoms with Crippen molar-refractivity contribution >= 4 is 16.7 Å². The number of ether oxygens (including phenoxy) is 1. The van der Waals surface area contributed by atoms with Gasteiger partial charge in [-0.25, -0.2) is 5.06 Å². The second kappa shape index (κ2) is 10.5. The van der Waals surface area contributed by atoms with Crippen molar-refractivity contribution in [3.63, 3.8) is 0 Å². The number of piperazine rings is 1. The molecule has 6 nitrogen and oxygen atoms in total. The van der Waals surface area contributed by atoms with E-state index < -0.39 is 0 Å². The molecule has 0 aromatic heterocycles. The number of carbonyl (C=O) groups excluding carboxylic acids is 1. The van der Waals surface area contributed by atoms with Gasteiger partial charge in [-0.1, -0.05) is 91.0 Å². The Hall–Kier alpha value is -3.71. The van der Waals surface area contributed by atoms with Crippen molar-refractivity contribution in [3.8, 4) is 5.75 Å². The zero-order valence-corrected chi connectivity index (χ0v) is 22.0. The van der Waals surface area contributed by atoms with Gasteiger partial charge in [-0.3, -0.25) is 19.4 Å². The number of hydrogen-bond donors (Lipinski definition) is 0. The van der Waals surface area contributed by atoms with E-state index in [-0.39, 0.29) is 23.9 Å². The maximum Gasteiger partial charge on any atom is 0.260 e.